The van der Waals surface area contributed by atoms with E-state index in [9.17, 15) is 14.4 Å². The molecule has 0 atom stereocenters. The molecule has 1 aromatic carbocycles. The number of aromatic amines is 1. The van der Waals surface area contributed by atoms with Gasteiger partial charge >= 0.3 is 11.4 Å². The van der Waals surface area contributed by atoms with E-state index in [1.807, 2.05) is 0 Å². The van der Waals surface area contributed by atoms with E-state index >= 15 is 0 Å². The Morgan fingerprint density at radius 2 is 1.79 bits per heavy atom. The van der Waals surface area contributed by atoms with Crippen LogP contribution in [0.2, 0.25) is 10.0 Å². The summed E-state index contributed by atoms with van der Waals surface area (Å²) in [5, 5.41) is 8.61. The lowest BCUT2D eigenvalue weighted by Crippen LogP contribution is -2.30. The Morgan fingerprint density at radius 1 is 1.10 bits per heavy atom. The summed E-state index contributed by atoms with van der Waals surface area (Å²) in [7, 11) is 0. The maximum Gasteiger partial charge on any atom is 0.437 e. The van der Waals surface area contributed by atoms with E-state index in [4.69, 9.17) is 27.6 Å². The van der Waals surface area contributed by atoms with Crippen molar-refractivity contribution in [2.24, 2.45) is 0 Å². The molecule has 1 fully saturated rings. The molecule has 0 radical (unpaired) electrons. The van der Waals surface area contributed by atoms with Crippen LogP contribution in [0.1, 0.15) is 49.6 Å². The molecule has 0 saturated heterocycles. The summed E-state index contributed by atoms with van der Waals surface area (Å²) in [6.45, 7) is 0. The zero-order valence-electron chi connectivity index (χ0n) is 15.2. The molecule has 29 heavy (non-hydrogen) atoms. The van der Waals surface area contributed by atoms with Crippen LogP contribution in [0.4, 0.5) is 0 Å². The van der Waals surface area contributed by atoms with Crippen molar-refractivity contribution in [1.29, 1.82) is 0 Å². The molecular formula is C18H17Cl2N5O4. The molecule has 0 spiro atoms. The van der Waals surface area contributed by atoms with Gasteiger partial charge in [0.25, 0.3) is 5.56 Å². The lowest BCUT2D eigenvalue weighted by molar-refractivity contribution is 0.310. The van der Waals surface area contributed by atoms with Crippen LogP contribution in [0.25, 0.3) is 5.69 Å². The molecule has 2 aromatic heterocycles. The predicted molar refractivity (Wildman–Crippen MR) is 106 cm³/mol. The smallest absolute Gasteiger partial charge is 0.392 e. The summed E-state index contributed by atoms with van der Waals surface area (Å²) in [5.74, 6) is -0.267. The lowest BCUT2D eigenvalue weighted by Gasteiger charge is -2.19. The van der Waals surface area contributed by atoms with E-state index < -0.39 is 17.0 Å². The van der Waals surface area contributed by atoms with Crippen molar-refractivity contribution in [2.75, 3.05) is 0 Å². The van der Waals surface area contributed by atoms with Gasteiger partial charge in [0.05, 0.1) is 18.2 Å². The van der Waals surface area contributed by atoms with Crippen molar-refractivity contribution in [3.63, 3.8) is 0 Å². The summed E-state index contributed by atoms with van der Waals surface area (Å²) in [4.78, 5) is 37.4. The van der Waals surface area contributed by atoms with Crippen LogP contribution in [0.5, 0.6) is 0 Å². The molecule has 152 valence electrons. The van der Waals surface area contributed by atoms with Gasteiger partial charge in [0.1, 0.15) is 6.20 Å². The first-order valence-corrected chi connectivity index (χ1v) is 9.93. The molecule has 0 aliphatic heterocycles. The molecule has 2 heterocycles. The molecule has 9 nitrogen and oxygen atoms in total. The average molecular weight is 438 g/mol. The monoisotopic (exact) mass is 437 g/mol. The first-order valence-electron chi connectivity index (χ1n) is 9.18. The molecule has 4 rings (SSSR count). The molecular weight excluding hydrogens is 421 g/mol. The van der Waals surface area contributed by atoms with E-state index in [0.29, 0.717) is 11.3 Å². The van der Waals surface area contributed by atoms with E-state index in [0.717, 1.165) is 36.6 Å². The van der Waals surface area contributed by atoms with Gasteiger partial charge in [0, 0.05) is 10.0 Å². The fourth-order valence-electron chi connectivity index (χ4n) is 3.53. The van der Waals surface area contributed by atoms with Crippen LogP contribution in [0.15, 0.2) is 37.1 Å². The number of benzene rings is 1. The van der Waals surface area contributed by atoms with Gasteiger partial charge in [0.2, 0.25) is 5.89 Å². The second-order valence-corrected chi connectivity index (χ2v) is 7.73. The highest BCUT2D eigenvalue weighted by molar-refractivity contribution is 6.36. The number of hydrogen-bond donors (Lipinski definition) is 1. The minimum atomic E-state index is -0.713. The first kappa shape index (κ1) is 19.7. The third-order valence-electron chi connectivity index (χ3n) is 4.94. The minimum Gasteiger partial charge on any atom is -0.392 e. The molecule has 1 saturated carbocycles. The van der Waals surface area contributed by atoms with E-state index in [-0.39, 0.29) is 28.4 Å². The highest BCUT2D eigenvalue weighted by Crippen LogP contribution is 2.30. The van der Waals surface area contributed by atoms with Gasteiger partial charge in [-0.2, -0.15) is 14.5 Å². The zero-order valence-corrected chi connectivity index (χ0v) is 16.7. The van der Waals surface area contributed by atoms with Crippen LogP contribution in [-0.4, -0.2) is 24.5 Å². The molecule has 0 bridgehead atoms. The number of nitrogens with one attached hydrogen (secondary N) is 1. The van der Waals surface area contributed by atoms with Crippen LogP contribution in [0, 0.1) is 0 Å². The second kappa shape index (κ2) is 8.00. The van der Waals surface area contributed by atoms with Crippen molar-refractivity contribution < 1.29 is 4.42 Å². The topological polar surface area (TPSA) is 116 Å². The molecule has 1 aliphatic rings. The van der Waals surface area contributed by atoms with Crippen LogP contribution in [0.3, 0.4) is 0 Å². The van der Waals surface area contributed by atoms with Gasteiger partial charge < -0.3 is 4.42 Å². The predicted octanol–water partition coefficient (Wildman–Crippen LogP) is 2.47. The Hall–Kier alpha value is -2.65. The van der Waals surface area contributed by atoms with Crippen molar-refractivity contribution in [2.45, 2.75) is 44.6 Å². The Kier molecular flexibility index (Phi) is 5.42. The zero-order chi connectivity index (χ0) is 20.5. The highest BCUT2D eigenvalue weighted by Gasteiger charge is 2.22. The molecule has 0 amide bonds. The summed E-state index contributed by atoms with van der Waals surface area (Å²) in [5.41, 5.74) is -0.524. The SMILES string of the molecule is O=c1cnn(-c2cc(Cl)c(Cc3nn(C4CCCCC4)c(=O)o3)c(Cl)c2)c(=O)[nH]1. The van der Waals surface area contributed by atoms with Gasteiger partial charge in [-0.3, -0.25) is 9.78 Å². The Labute approximate surface area is 173 Å². The van der Waals surface area contributed by atoms with Crippen molar-refractivity contribution in [3.8, 4) is 5.69 Å². The maximum atomic E-state index is 12.2. The minimum absolute atomic E-state index is 0.0558. The van der Waals surface area contributed by atoms with Crippen LogP contribution < -0.4 is 17.0 Å². The number of hydrogen-bond acceptors (Lipinski definition) is 6. The molecule has 0 unspecified atom stereocenters. The lowest BCUT2D eigenvalue weighted by atomic mass is 9.96. The number of rotatable bonds is 4. The van der Waals surface area contributed by atoms with Crippen molar-refractivity contribution >= 4 is 23.2 Å². The Balaban J connectivity index is 1.64. The normalized spacial score (nSPS) is 15.0. The summed E-state index contributed by atoms with van der Waals surface area (Å²) in [6, 6.07) is 3.04. The largest absolute Gasteiger partial charge is 0.437 e. The quantitative estimate of drug-likeness (QED) is 0.669. The molecule has 1 N–H and O–H groups in total. The second-order valence-electron chi connectivity index (χ2n) is 6.91. The fourth-order valence-corrected chi connectivity index (χ4v) is 4.14. The van der Waals surface area contributed by atoms with Crippen molar-refractivity contribution in [3.05, 3.63) is 71.2 Å². The van der Waals surface area contributed by atoms with Crippen molar-refractivity contribution in [1.82, 2.24) is 24.5 Å². The third-order valence-corrected chi connectivity index (χ3v) is 5.62. The number of nitrogens with zero attached hydrogens (tertiary/aromatic N) is 4. The summed E-state index contributed by atoms with van der Waals surface area (Å²) < 4.78 is 7.68. The average Bonchev–Trinajstić information content (AvgIpc) is 3.05. The first-order chi connectivity index (χ1) is 13.9. The molecule has 1 aliphatic carbocycles. The highest BCUT2D eigenvalue weighted by atomic mass is 35.5. The number of aromatic nitrogens is 5. The fraction of sp³-hybridized carbons (Fsp3) is 0.389. The van der Waals surface area contributed by atoms with Gasteiger partial charge in [-0.05, 0) is 30.5 Å². The number of halogens is 2. The van der Waals surface area contributed by atoms with Gasteiger partial charge in [-0.1, -0.05) is 42.5 Å². The van der Waals surface area contributed by atoms with Crippen LogP contribution >= 0.6 is 23.2 Å². The van der Waals surface area contributed by atoms with E-state index in [2.05, 4.69) is 15.2 Å². The summed E-state index contributed by atoms with van der Waals surface area (Å²) >= 11 is 12.7. The molecule has 11 heteroatoms. The van der Waals surface area contributed by atoms with E-state index in [1.165, 1.54) is 23.2 Å². The summed E-state index contributed by atoms with van der Waals surface area (Å²) in [6.07, 6.45) is 6.21. The van der Waals surface area contributed by atoms with Gasteiger partial charge in [0.15, 0.2) is 0 Å². The Bertz CT molecular complexity index is 1200. The van der Waals surface area contributed by atoms with E-state index in [1.54, 1.807) is 0 Å². The Morgan fingerprint density at radius 3 is 2.45 bits per heavy atom. The third kappa shape index (κ3) is 4.06. The van der Waals surface area contributed by atoms with Crippen LogP contribution in [-0.2, 0) is 6.42 Å². The van der Waals surface area contributed by atoms with Gasteiger partial charge in [-0.15, -0.1) is 5.10 Å². The van der Waals surface area contributed by atoms with Gasteiger partial charge in [-0.25, -0.2) is 9.59 Å². The number of H-pyrrole nitrogens is 1. The standard InChI is InChI=1S/C18H17Cl2N5O4/c19-13-6-11(24-17(27)22-15(26)9-21-24)7-14(20)12(13)8-16-23-25(18(28)29-16)10-4-2-1-3-5-10/h6-7,9-10H,1-5,8H2,(H,22,26,27). The maximum absolute atomic E-state index is 12.2. The molecule has 3 aromatic rings.